The monoisotopic (exact) mass is 321 g/mol. The van der Waals surface area contributed by atoms with E-state index in [2.05, 4.69) is 29.5 Å². The number of methoxy groups -OCH3 is 1. The fourth-order valence-corrected chi connectivity index (χ4v) is 3.05. The average molecular weight is 321 g/mol. The van der Waals surface area contributed by atoms with Crippen molar-refractivity contribution in [2.75, 3.05) is 25.6 Å². The van der Waals surface area contributed by atoms with Crippen molar-refractivity contribution < 1.29 is 14.3 Å². The third kappa shape index (κ3) is 5.39. The van der Waals surface area contributed by atoms with Crippen molar-refractivity contribution in [3.8, 4) is 5.88 Å². The molecule has 0 bridgehead atoms. The number of amides is 2. The van der Waals surface area contributed by atoms with Crippen molar-refractivity contribution in [3.63, 3.8) is 0 Å². The summed E-state index contributed by atoms with van der Waals surface area (Å²) in [7, 11) is 1.62. The van der Waals surface area contributed by atoms with E-state index in [0.717, 1.165) is 0 Å². The van der Waals surface area contributed by atoms with Crippen molar-refractivity contribution in [2.45, 2.75) is 39.2 Å². The van der Waals surface area contributed by atoms with Gasteiger partial charge in [-0.05, 0) is 30.7 Å². The lowest BCUT2D eigenvalue weighted by molar-refractivity contribution is 0.144. The molecule has 2 amide bonds. The molecule has 1 aliphatic carbocycles. The molecule has 6 heteroatoms. The molecular weight excluding hydrogens is 294 g/mol. The standard InChI is InChI=1S/C17H27N3O3/c1-12-5-4-6-13(2)16(12)20-17(21)19-14-7-8-15(18-11-14)23-10-9-22-3/h7-8,11-13,16H,4-6,9-10H2,1-3H3,(H2,19,20,21). The van der Waals surface area contributed by atoms with Crippen LogP contribution in [-0.4, -0.2) is 37.4 Å². The quantitative estimate of drug-likeness (QED) is 0.790. The van der Waals surface area contributed by atoms with Gasteiger partial charge in [-0.2, -0.15) is 0 Å². The molecule has 2 unspecified atom stereocenters. The van der Waals surface area contributed by atoms with Crippen LogP contribution in [0.25, 0.3) is 0 Å². The van der Waals surface area contributed by atoms with E-state index in [1.54, 1.807) is 25.4 Å². The zero-order valence-electron chi connectivity index (χ0n) is 14.2. The summed E-state index contributed by atoms with van der Waals surface area (Å²) in [5.41, 5.74) is 0.651. The molecule has 1 fully saturated rings. The lowest BCUT2D eigenvalue weighted by Gasteiger charge is -2.35. The van der Waals surface area contributed by atoms with Gasteiger partial charge in [-0.25, -0.2) is 9.78 Å². The smallest absolute Gasteiger partial charge is 0.319 e. The molecule has 2 atom stereocenters. The van der Waals surface area contributed by atoms with Crippen LogP contribution in [0, 0.1) is 11.8 Å². The number of aromatic nitrogens is 1. The Morgan fingerprint density at radius 3 is 2.61 bits per heavy atom. The Kier molecular flexibility index (Phi) is 6.65. The Labute approximate surface area is 138 Å². The van der Waals surface area contributed by atoms with Crippen molar-refractivity contribution >= 4 is 11.7 Å². The highest BCUT2D eigenvalue weighted by molar-refractivity contribution is 5.89. The Hall–Kier alpha value is -1.82. The molecule has 0 spiro atoms. The van der Waals surface area contributed by atoms with Gasteiger partial charge in [-0.3, -0.25) is 0 Å². The van der Waals surface area contributed by atoms with Crippen LogP contribution in [0.15, 0.2) is 18.3 Å². The van der Waals surface area contributed by atoms with Gasteiger partial charge in [0.25, 0.3) is 0 Å². The van der Waals surface area contributed by atoms with E-state index < -0.39 is 0 Å². The fourth-order valence-electron chi connectivity index (χ4n) is 3.05. The van der Waals surface area contributed by atoms with E-state index in [1.165, 1.54) is 19.3 Å². The first kappa shape index (κ1) is 17.5. The number of carbonyl (C=O) groups excluding carboxylic acids is 1. The van der Waals surface area contributed by atoms with Gasteiger partial charge in [-0.15, -0.1) is 0 Å². The maximum absolute atomic E-state index is 12.2. The van der Waals surface area contributed by atoms with Crippen LogP contribution in [0.2, 0.25) is 0 Å². The van der Waals surface area contributed by atoms with Crippen LogP contribution in [0.1, 0.15) is 33.1 Å². The van der Waals surface area contributed by atoms with Crippen LogP contribution in [0.3, 0.4) is 0 Å². The van der Waals surface area contributed by atoms with E-state index in [1.807, 2.05) is 0 Å². The molecule has 0 saturated heterocycles. The van der Waals surface area contributed by atoms with E-state index in [-0.39, 0.29) is 12.1 Å². The highest BCUT2D eigenvalue weighted by atomic mass is 16.5. The molecule has 23 heavy (non-hydrogen) atoms. The summed E-state index contributed by atoms with van der Waals surface area (Å²) in [4.78, 5) is 16.3. The molecule has 2 rings (SSSR count). The molecular formula is C17H27N3O3. The van der Waals surface area contributed by atoms with Gasteiger partial charge >= 0.3 is 6.03 Å². The molecule has 6 nitrogen and oxygen atoms in total. The number of nitrogens with one attached hydrogen (secondary N) is 2. The second-order valence-electron chi connectivity index (χ2n) is 6.24. The van der Waals surface area contributed by atoms with Crippen LogP contribution < -0.4 is 15.4 Å². The average Bonchev–Trinajstić information content (AvgIpc) is 2.53. The first-order chi connectivity index (χ1) is 11.1. The molecule has 1 aliphatic rings. The summed E-state index contributed by atoms with van der Waals surface area (Å²) in [5, 5.41) is 5.93. The summed E-state index contributed by atoms with van der Waals surface area (Å²) < 4.78 is 10.3. The van der Waals surface area contributed by atoms with E-state index in [4.69, 9.17) is 9.47 Å². The van der Waals surface area contributed by atoms with Gasteiger partial charge in [-0.1, -0.05) is 20.3 Å². The normalized spacial score (nSPS) is 24.0. The third-order valence-corrected chi connectivity index (χ3v) is 4.37. The molecule has 1 aromatic heterocycles. The maximum Gasteiger partial charge on any atom is 0.319 e. The van der Waals surface area contributed by atoms with Crippen LogP contribution in [0.5, 0.6) is 5.88 Å². The van der Waals surface area contributed by atoms with Gasteiger partial charge in [0.15, 0.2) is 0 Å². The maximum atomic E-state index is 12.2. The summed E-state index contributed by atoms with van der Waals surface area (Å²) >= 11 is 0. The number of anilines is 1. The molecule has 1 saturated carbocycles. The highest BCUT2D eigenvalue weighted by Crippen LogP contribution is 2.28. The Morgan fingerprint density at radius 1 is 1.26 bits per heavy atom. The Bertz CT molecular complexity index is 482. The summed E-state index contributed by atoms with van der Waals surface area (Å²) in [6.45, 7) is 5.37. The molecule has 128 valence electrons. The number of ether oxygens (including phenoxy) is 2. The number of hydrogen-bond donors (Lipinski definition) is 2. The molecule has 0 aromatic carbocycles. The molecule has 1 aromatic rings. The molecule has 0 radical (unpaired) electrons. The largest absolute Gasteiger partial charge is 0.475 e. The van der Waals surface area contributed by atoms with Gasteiger partial charge in [0.05, 0.1) is 18.5 Å². The highest BCUT2D eigenvalue weighted by Gasteiger charge is 2.28. The van der Waals surface area contributed by atoms with Crippen molar-refractivity contribution in [1.29, 1.82) is 0 Å². The summed E-state index contributed by atoms with van der Waals surface area (Å²) in [6, 6.07) is 3.57. The van der Waals surface area contributed by atoms with Gasteiger partial charge < -0.3 is 20.1 Å². The summed E-state index contributed by atoms with van der Waals surface area (Å²) in [5.74, 6) is 1.54. The number of carbonyl (C=O) groups is 1. The lowest BCUT2D eigenvalue weighted by Crippen LogP contribution is -2.47. The van der Waals surface area contributed by atoms with E-state index in [0.29, 0.717) is 36.6 Å². The van der Waals surface area contributed by atoms with Gasteiger partial charge in [0.2, 0.25) is 5.88 Å². The number of rotatable bonds is 6. The predicted octanol–water partition coefficient (Wildman–Crippen LogP) is 3.05. The van der Waals surface area contributed by atoms with Crippen LogP contribution in [0.4, 0.5) is 10.5 Å². The Morgan fingerprint density at radius 2 is 2.00 bits per heavy atom. The zero-order chi connectivity index (χ0) is 16.7. The first-order valence-electron chi connectivity index (χ1n) is 8.25. The molecule has 2 N–H and O–H groups in total. The summed E-state index contributed by atoms with van der Waals surface area (Å²) in [6.07, 6.45) is 5.18. The SMILES string of the molecule is COCCOc1ccc(NC(=O)NC2C(C)CCCC2C)cn1. The van der Waals surface area contributed by atoms with Crippen molar-refractivity contribution in [1.82, 2.24) is 10.3 Å². The van der Waals surface area contributed by atoms with Crippen LogP contribution in [-0.2, 0) is 4.74 Å². The van der Waals surface area contributed by atoms with Crippen molar-refractivity contribution in [2.24, 2.45) is 11.8 Å². The minimum Gasteiger partial charge on any atom is -0.475 e. The van der Waals surface area contributed by atoms with Crippen LogP contribution >= 0.6 is 0 Å². The molecule has 1 heterocycles. The molecule has 0 aliphatic heterocycles. The lowest BCUT2D eigenvalue weighted by atomic mass is 9.79. The second-order valence-corrected chi connectivity index (χ2v) is 6.24. The second kappa shape index (κ2) is 8.72. The number of nitrogens with zero attached hydrogens (tertiary/aromatic N) is 1. The zero-order valence-corrected chi connectivity index (χ0v) is 14.2. The van der Waals surface area contributed by atoms with Gasteiger partial charge in [0.1, 0.15) is 6.61 Å². The Balaban J connectivity index is 1.82. The third-order valence-electron chi connectivity index (χ3n) is 4.37. The first-order valence-corrected chi connectivity index (χ1v) is 8.25. The topological polar surface area (TPSA) is 72.5 Å². The number of hydrogen-bond acceptors (Lipinski definition) is 4. The fraction of sp³-hybridized carbons (Fsp3) is 0.647. The minimum atomic E-state index is -0.176. The minimum absolute atomic E-state index is 0.176. The number of urea groups is 1. The predicted molar refractivity (Wildman–Crippen MR) is 89.7 cm³/mol. The van der Waals surface area contributed by atoms with Gasteiger partial charge in [0, 0.05) is 19.2 Å². The van der Waals surface area contributed by atoms with E-state index >= 15 is 0 Å². The number of pyridine rings is 1. The van der Waals surface area contributed by atoms with Crippen molar-refractivity contribution in [3.05, 3.63) is 18.3 Å². The van der Waals surface area contributed by atoms with E-state index in [9.17, 15) is 4.79 Å².